The fraction of sp³-hybridized carbons (Fsp3) is 0.562. The summed E-state index contributed by atoms with van der Waals surface area (Å²) in [6.07, 6.45) is 0. The molecule has 0 bridgehead atoms. The Morgan fingerprint density at radius 3 is 2.19 bits per heavy atom. The number of nitrogens with zero attached hydrogens (tertiary/aromatic N) is 2. The van der Waals surface area contributed by atoms with Crippen LogP contribution in [0.15, 0.2) is 24.3 Å². The summed E-state index contributed by atoms with van der Waals surface area (Å²) in [5.41, 5.74) is 4.23. The van der Waals surface area contributed by atoms with Crippen molar-refractivity contribution in [1.82, 2.24) is 15.2 Å². The molecule has 0 spiro atoms. The van der Waals surface area contributed by atoms with Gasteiger partial charge in [-0.3, -0.25) is 20.0 Å². The van der Waals surface area contributed by atoms with Crippen LogP contribution in [0.5, 0.6) is 0 Å². The monoisotopic (exact) mass is 290 g/mol. The van der Waals surface area contributed by atoms with Crippen molar-refractivity contribution in [2.75, 3.05) is 26.2 Å². The Bertz CT molecular complexity index is 470. The minimum absolute atomic E-state index is 0.250. The van der Waals surface area contributed by atoms with Crippen LogP contribution in [-0.2, 0) is 6.54 Å². The van der Waals surface area contributed by atoms with Gasteiger partial charge in [0, 0.05) is 43.8 Å². The van der Waals surface area contributed by atoms with E-state index < -0.39 is 0 Å². The van der Waals surface area contributed by atoms with Gasteiger partial charge in [-0.2, -0.15) is 0 Å². The summed E-state index contributed by atoms with van der Waals surface area (Å²) >= 11 is 0. The van der Waals surface area contributed by atoms with Crippen LogP contribution in [0.1, 0.15) is 36.7 Å². The molecular formula is C16H26N4O. The number of hydrazine groups is 1. The number of amides is 1. The molecule has 0 aliphatic carbocycles. The van der Waals surface area contributed by atoms with E-state index in [9.17, 15) is 4.79 Å². The molecule has 1 aliphatic heterocycles. The van der Waals surface area contributed by atoms with Crippen molar-refractivity contribution in [3.63, 3.8) is 0 Å². The van der Waals surface area contributed by atoms with Crippen LogP contribution in [0.3, 0.4) is 0 Å². The van der Waals surface area contributed by atoms with Gasteiger partial charge in [0.15, 0.2) is 0 Å². The fourth-order valence-corrected chi connectivity index (χ4v) is 2.68. The first-order valence-electron chi connectivity index (χ1n) is 7.47. The van der Waals surface area contributed by atoms with Crippen molar-refractivity contribution in [3.8, 4) is 0 Å². The summed E-state index contributed by atoms with van der Waals surface area (Å²) in [6, 6.07) is 7.65. The Labute approximate surface area is 127 Å². The lowest BCUT2D eigenvalue weighted by atomic mass is 10.0. The van der Waals surface area contributed by atoms with Crippen LogP contribution >= 0.6 is 0 Å². The average molecular weight is 290 g/mol. The maximum absolute atomic E-state index is 11.4. The van der Waals surface area contributed by atoms with Gasteiger partial charge >= 0.3 is 0 Å². The van der Waals surface area contributed by atoms with Gasteiger partial charge in [-0.15, -0.1) is 0 Å². The molecule has 1 aromatic rings. The summed E-state index contributed by atoms with van der Waals surface area (Å²) in [5, 5.41) is 0. The van der Waals surface area contributed by atoms with Gasteiger partial charge in [0.1, 0.15) is 0 Å². The van der Waals surface area contributed by atoms with Crippen LogP contribution in [0.2, 0.25) is 0 Å². The Balaban J connectivity index is 1.88. The van der Waals surface area contributed by atoms with Gasteiger partial charge in [0.25, 0.3) is 5.91 Å². The van der Waals surface area contributed by atoms with E-state index in [0.29, 0.717) is 5.56 Å². The quantitative estimate of drug-likeness (QED) is 0.499. The minimum atomic E-state index is -0.250. The van der Waals surface area contributed by atoms with Crippen molar-refractivity contribution in [2.45, 2.75) is 32.9 Å². The number of rotatable bonds is 3. The molecule has 1 aromatic carbocycles. The molecule has 0 atom stereocenters. The highest BCUT2D eigenvalue weighted by molar-refractivity contribution is 5.93. The van der Waals surface area contributed by atoms with E-state index in [2.05, 4.69) is 36.0 Å². The standard InChI is InChI=1S/C16H26N4O/c1-16(2,3)20-10-8-19(9-11-20)12-13-4-6-14(7-5-13)15(21)18-17/h4-7H,8-12,17H2,1-3H3,(H,18,21). The minimum Gasteiger partial charge on any atom is -0.297 e. The molecular weight excluding hydrogens is 264 g/mol. The van der Waals surface area contributed by atoms with Gasteiger partial charge in [-0.25, -0.2) is 5.84 Å². The molecule has 3 N–H and O–H groups in total. The molecule has 1 amide bonds. The van der Waals surface area contributed by atoms with E-state index in [4.69, 9.17) is 5.84 Å². The second kappa shape index (κ2) is 6.56. The Kier molecular flexibility index (Phi) is 4.98. The van der Waals surface area contributed by atoms with Crippen LogP contribution in [0, 0.1) is 0 Å². The van der Waals surface area contributed by atoms with Gasteiger partial charge in [0.2, 0.25) is 0 Å². The molecule has 116 valence electrons. The number of carbonyl (C=O) groups excluding carboxylic acids is 1. The maximum atomic E-state index is 11.4. The van der Waals surface area contributed by atoms with Crippen molar-refractivity contribution in [2.24, 2.45) is 5.84 Å². The molecule has 2 rings (SSSR count). The smallest absolute Gasteiger partial charge is 0.265 e. The highest BCUT2D eigenvalue weighted by Gasteiger charge is 2.25. The maximum Gasteiger partial charge on any atom is 0.265 e. The second-order valence-corrected chi connectivity index (χ2v) is 6.60. The highest BCUT2D eigenvalue weighted by atomic mass is 16.2. The van der Waals surface area contributed by atoms with E-state index in [-0.39, 0.29) is 11.4 Å². The predicted molar refractivity (Wildman–Crippen MR) is 84.7 cm³/mol. The largest absolute Gasteiger partial charge is 0.297 e. The lowest BCUT2D eigenvalue weighted by molar-refractivity contribution is 0.0591. The van der Waals surface area contributed by atoms with Crippen molar-refractivity contribution >= 4 is 5.91 Å². The van der Waals surface area contributed by atoms with Crippen molar-refractivity contribution in [1.29, 1.82) is 0 Å². The number of nitrogen functional groups attached to an aromatic ring is 1. The lowest BCUT2D eigenvalue weighted by Crippen LogP contribution is -2.53. The predicted octanol–water partition coefficient (Wildman–Crippen LogP) is 1.21. The molecule has 0 saturated carbocycles. The third-order valence-electron chi connectivity index (χ3n) is 4.07. The second-order valence-electron chi connectivity index (χ2n) is 6.60. The molecule has 0 aromatic heterocycles. The molecule has 1 heterocycles. The summed E-state index contributed by atoms with van der Waals surface area (Å²) in [7, 11) is 0. The van der Waals surface area contributed by atoms with Gasteiger partial charge in [0.05, 0.1) is 0 Å². The summed E-state index contributed by atoms with van der Waals surface area (Å²) in [5.74, 6) is 4.88. The normalized spacial score (nSPS) is 17.7. The summed E-state index contributed by atoms with van der Waals surface area (Å²) in [4.78, 5) is 16.4. The summed E-state index contributed by atoms with van der Waals surface area (Å²) < 4.78 is 0. The van der Waals surface area contributed by atoms with Crippen molar-refractivity contribution < 1.29 is 4.79 Å². The molecule has 1 saturated heterocycles. The molecule has 1 aliphatic rings. The van der Waals surface area contributed by atoms with E-state index >= 15 is 0 Å². The number of piperazine rings is 1. The molecule has 0 radical (unpaired) electrons. The zero-order valence-corrected chi connectivity index (χ0v) is 13.2. The van der Waals surface area contributed by atoms with Crippen molar-refractivity contribution in [3.05, 3.63) is 35.4 Å². The van der Waals surface area contributed by atoms with Crippen LogP contribution in [0.25, 0.3) is 0 Å². The number of nitrogens with one attached hydrogen (secondary N) is 1. The highest BCUT2D eigenvalue weighted by Crippen LogP contribution is 2.17. The first kappa shape index (κ1) is 15.9. The first-order chi connectivity index (χ1) is 9.90. The fourth-order valence-electron chi connectivity index (χ4n) is 2.68. The number of hydrogen-bond acceptors (Lipinski definition) is 4. The zero-order valence-electron chi connectivity index (χ0n) is 13.2. The first-order valence-corrected chi connectivity index (χ1v) is 7.47. The van der Waals surface area contributed by atoms with E-state index in [1.807, 2.05) is 24.3 Å². The number of carbonyl (C=O) groups is 1. The summed E-state index contributed by atoms with van der Waals surface area (Å²) in [6.45, 7) is 12.1. The SMILES string of the molecule is CC(C)(C)N1CCN(Cc2ccc(C(=O)NN)cc2)CC1. The molecule has 0 unspecified atom stereocenters. The van der Waals surface area contributed by atoms with E-state index in [0.717, 1.165) is 32.7 Å². The van der Waals surface area contributed by atoms with Crippen LogP contribution in [0.4, 0.5) is 0 Å². The molecule has 5 heteroatoms. The number of nitrogens with two attached hydrogens (primary N) is 1. The zero-order chi connectivity index (χ0) is 15.5. The Hall–Kier alpha value is -1.43. The van der Waals surface area contributed by atoms with E-state index in [1.165, 1.54) is 5.56 Å². The molecule has 21 heavy (non-hydrogen) atoms. The number of benzene rings is 1. The third kappa shape index (κ3) is 4.27. The lowest BCUT2D eigenvalue weighted by Gasteiger charge is -2.42. The van der Waals surface area contributed by atoms with E-state index in [1.54, 1.807) is 0 Å². The van der Waals surface area contributed by atoms with Gasteiger partial charge in [-0.1, -0.05) is 12.1 Å². The van der Waals surface area contributed by atoms with Crippen LogP contribution in [-0.4, -0.2) is 47.4 Å². The molecule has 5 nitrogen and oxygen atoms in total. The molecule has 1 fully saturated rings. The Morgan fingerprint density at radius 1 is 1.14 bits per heavy atom. The van der Waals surface area contributed by atoms with Gasteiger partial charge < -0.3 is 0 Å². The number of hydrogen-bond donors (Lipinski definition) is 2. The Morgan fingerprint density at radius 2 is 1.71 bits per heavy atom. The topological polar surface area (TPSA) is 61.6 Å². The van der Waals surface area contributed by atoms with Crippen LogP contribution < -0.4 is 11.3 Å². The van der Waals surface area contributed by atoms with Gasteiger partial charge in [-0.05, 0) is 38.5 Å². The average Bonchev–Trinajstić information content (AvgIpc) is 2.47. The third-order valence-corrected chi connectivity index (χ3v) is 4.07.